The van der Waals surface area contributed by atoms with Gasteiger partial charge in [0.25, 0.3) is 0 Å². The maximum absolute atomic E-state index is 9.27. The molecule has 3 nitrogen and oxygen atoms in total. The van der Waals surface area contributed by atoms with Crippen molar-refractivity contribution in [2.24, 2.45) is 0 Å². The van der Waals surface area contributed by atoms with E-state index in [1.807, 2.05) is 25.1 Å². The van der Waals surface area contributed by atoms with Crippen molar-refractivity contribution in [3.05, 3.63) is 24.4 Å². The lowest BCUT2D eigenvalue weighted by molar-refractivity contribution is -0.0946. The predicted octanol–water partition coefficient (Wildman–Crippen LogP) is 1.92. The summed E-state index contributed by atoms with van der Waals surface area (Å²) in [6.45, 7) is 2.42. The number of ether oxygens (including phenoxy) is 1. The summed E-state index contributed by atoms with van der Waals surface area (Å²) in [7, 11) is 0. The van der Waals surface area contributed by atoms with Gasteiger partial charge in [-0.25, -0.2) is 4.98 Å². The smallest absolute Gasteiger partial charge is 0.155 e. The first-order chi connectivity index (χ1) is 6.83. The summed E-state index contributed by atoms with van der Waals surface area (Å²) in [5.74, 6) is 0.818. The molecule has 1 aromatic rings. The van der Waals surface area contributed by atoms with Gasteiger partial charge in [0.15, 0.2) is 6.29 Å². The standard InChI is InChI=1S/C10H15NO2S/c1-2-13-10(12)6-8-14-9-5-3-4-7-11-9/h3-5,7,10,12H,2,6,8H2,1H3. The molecular weight excluding hydrogens is 198 g/mol. The van der Waals surface area contributed by atoms with Crippen molar-refractivity contribution in [1.82, 2.24) is 4.98 Å². The van der Waals surface area contributed by atoms with Crippen molar-refractivity contribution in [1.29, 1.82) is 0 Å². The SMILES string of the molecule is CCOC(O)CCSc1ccccn1. The molecule has 4 heteroatoms. The average molecular weight is 213 g/mol. The van der Waals surface area contributed by atoms with Gasteiger partial charge in [0.1, 0.15) is 0 Å². The van der Waals surface area contributed by atoms with E-state index in [-0.39, 0.29) is 0 Å². The summed E-state index contributed by atoms with van der Waals surface area (Å²) >= 11 is 1.62. The highest BCUT2D eigenvalue weighted by Gasteiger charge is 2.02. The van der Waals surface area contributed by atoms with E-state index < -0.39 is 6.29 Å². The van der Waals surface area contributed by atoms with E-state index >= 15 is 0 Å². The molecule has 1 N–H and O–H groups in total. The van der Waals surface area contributed by atoms with E-state index in [1.54, 1.807) is 18.0 Å². The van der Waals surface area contributed by atoms with E-state index in [9.17, 15) is 5.11 Å². The highest BCUT2D eigenvalue weighted by atomic mass is 32.2. The van der Waals surface area contributed by atoms with Crippen molar-refractivity contribution in [2.75, 3.05) is 12.4 Å². The molecule has 0 radical (unpaired) electrons. The van der Waals surface area contributed by atoms with Gasteiger partial charge in [0.2, 0.25) is 0 Å². The molecule has 78 valence electrons. The van der Waals surface area contributed by atoms with Crippen molar-refractivity contribution in [3.63, 3.8) is 0 Å². The fraction of sp³-hybridized carbons (Fsp3) is 0.500. The highest BCUT2D eigenvalue weighted by Crippen LogP contribution is 2.15. The number of pyridine rings is 1. The van der Waals surface area contributed by atoms with Crippen LogP contribution in [0.2, 0.25) is 0 Å². The van der Waals surface area contributed by atoms with Gasteiger partial charge >= 0.3 is 0 Å². The first kappa shape index (κ1) is 11.5. The molecule has 0 aliphatic carbocycles. The van der Waals surface area contributed by atoms with Crippen LogP contribution in [0.15, 0.2) is 29.4 Å². The van der Waals surface area contributed by atoms with E-state index in [1.165, 1.54) is 0 Å². The minimum Gasteiger partial charge on any atom is -0.368 e. The van der Waals surface area contributed by atoms with Crippen LogP contribution in [0.4, 0.5) is 0 Å². The van der Waals surface area contributed by atoms with Gasteiger partial charge in [0, 0.05) is 25.0 Å². The van der Waals surface area contributed by atoms with Gasteiger partial charge in [-0.2, -0.15) is 0 Å². The van der Waals surface area contributed by atoms with Gasteiger partial charge < -0.3 is 9.84 Å². The summed E-state index contributed by atoms with van der Waals surface area (Å²) < 4.78 is 5.00. The summed E-state index contributed by atoms with van der Waals surface area (Å²) in [6, 6.07) is 5.80. The number of hydrogen-bond donors (Lipinski definition) is 1. The van der Waals surface area contributed by atoms with Crippen molar-refractivity contribution < 1.29 is 9.84 Å². The predicted molar refractivity (Wildman–Crippen MR) is 57.2 cm³/mol. The van der Waals surface area contributed by atoms with Gasteiger partial charge in [0.05, 0.1) is 5.03 Å². The van der Waals surface area contributed by atoms with Gasteiger partial charge in [-0.3, -0.25) is 0 Å². The third kappa shape index (κ3) is 4.60. The lowest BCUT2D eigenvalue weighted by atomic mass is 10.5. The van der Waals surface area contributed by atoms with Gasteiger partial charge in [-0.05, 0) is 19.1 Å². The Kier molecular flexibility index (Phi) is 5.59. The third-order valence-corrected chi connectivity index (χ3v) is 2.59. The Bertz CT molecular complexity index is 243. The van der Waals surface area contributed by atoms with Gasteiger partial charge in [-0.1, -0.05) is 6.07 Å². The molecule has 0 spiro atoms. The van der Waals surface area contributed by atoms with Crippen LogP contribution in [0.1, 0.15) is 13.3 Å². The normalized spacial score (nSPS) is 12.7. The molecule has 1 atom stereocenters. The molecule has 0 saturated carbocycles. The van der Waals surface area contributed by atoms with Crippen molar-refractivity contribution in [2.45, 2.75) is 24.7 Å². The Hall–Kier alpha value is -0.580. The molecule has 1 rings (SSSR count). The van der Waals surface area contributed by atoms with E-state index in [0.29, 0.717) is 13.0 Å². The summed E-state index contributed by atoms with van der Waals surface area (Å²) in [5, 5.41) is 10.3. The van der Waals surface area contributed by atoms with Crippen LogP contribution in [-0.4, -0.2) is 28.7 Å². The minimum absolute atomic E-state index is 0.551. The van der Waals surface area contributed by atoms with E-state index in [0.717, 1.165) is 10.8 Å². The first-order valence-corrected chi connectivity index (χ1v) is 5.65. The molecule has 0 aromatic carbocycles. The van der Waals surface area contributed by atoms with Crippen LogP contribution in [0, 0.1) is 0 Å². The maximum Gasteiger partial charge on any atom is 0.155 e. The highest BCUT2D eigenvalue weighted by molar-refractivity contribution is 7.99. The number of hydrogen-bond acceptors (Lipinski definition) is 4. The Morgan fingerprint density at radius 3 is 3.07 bits per heavy atom. The molecule has 14 heavy (non-hydrogen) atoms. The molecular formula is C10H15NO2S. The fourth-order valence-corrected chi connectivity index (χ4v) is 1.81. The number of aliphatic hydroxyl groups excluding tert-OH is 1. The monoisotopic (exact) mass is 213 g/mol. The zero-order chi connectivity index (χ0) is 10.2. The van der Waals surface area contributed by atoms with E-state index in [4.69, 9.17) is 4.74 Å². The lowest BCUT2D eigenvalue weighted by Crippen LogP contribution is -2.12. The average Bonchev–Trinajstić information content (AvgIpc) is 2.20. The lowest BCUT2D eigenvalue weighted by Gasteiger charge is -2.09. The molecule has 0 bridgehead atoms. The second kappa shape index (κ2) is 6.81. The van der Waals surface area contributed by atoms with Crippen LogP contribution in [0.5, 0.6) is 0 Å². The summed E-state index contributed by atoms with van der Waals surface area (Å²) in [4.78, 5) is 4.16. The van der Waals surface area contributed by atoms with Crippen molar-refractivity contribution >= 4 is 11.8 Å². The number of nitrogens with zero attached hydrogens (tertiary/aromatic N) is 1. The Labute approximate surface area is 88.5 Å². The number of thioether (sulfide) groups is 1. The molecule has 0 aliphatic rings. The second-order valence-electron chi connectivity index (χ2n) is 2.72. The second-order valence-corrected chi connectivity index (χ2v) is 3.83. The Balaban J connectivity index is 2.16. The molecule has 1 heterocycles. The van der Waals surface area contributed by atoms with Crippen LogP contribution < -0.4 is 0 Å². The van der Waals surface area contributed by atoms with Crippen LogP contribution in [0.3, 0.4) is 0 Å². The van der Waals surface area contributed by atoms with Gasteiger partial charge in [-0.15, -0.1) is 11.8 Å². The minimum atomic E-state index is -0.642. The van der Waals surface area contributed by atoms with Crippen LogP contribution in [0.25, 0.3) is 0 Å². The molecule has 1 aromatic heterocycles. The zero-order valence-electron chi connectivity index (χ0n) is 8.22. The number of rotatable bonds is 6. The quantitative estimate of drug-likeness (QED) is 0.579. The molecule has 1 unspecified atom stereocenters. The number of aliphatic hydroxyl groups is 1. The number of aromatic nitrogens is 1. The molecule has 0 saturated heterocycles. The Morgan fingerprint density at radius 1 is 1.57 bits per heavy atom. The van der Waals surface area contributed by atoms with Crippen LogP contribution >= 0.6 is 11.8 Å². The summed E-state index contributed by atoms with van der Waals surface area (Å²) in [6.07, 6.45) is 1.76. The largest absolute Gasteiger partial charge is 0.368 e. The maximum atomic E-state index is 9.27. The van der Waals surface area contributed by atoms with Crippen LogP contribution in [-0.2, 0) is 4.74 Å². The molecule has 0 amide bonds. The third-order valence-electron chi connectivity index (χ3n) is 1.61. The van der Waals surface area contributed by atoms with E-state index in [2.05, 4.69) is 4.98 Å². The zero-order valence-corrected chi connectivity index (χ0v) is 9.04. The topological polar surface area (TPSA) is 42.4 Å². The molecule has 0 fully saturated rings. The summed E-state index contributed by atoms with van der Waals surface area (Å²) in [5.41, 5.74) is 0. The fourth-order valence-electron chi connectivity index (χ4n) is 0.973. The Morgan fingerprint density at radius 2 is 2.43 bits per heavy atom. The first-order valence-electron chi connectivity index (χ1n) is 4.66. The molecule has 0 aliphatic heterocycles. The van der Waals surface area contributed by atoms with Crippen molar-refractivity contribution in [3.8, 4) is 0 Å².